The first-order chi connectivity index (χ1) is 10.2. The van der Waals surface area contributed by atoms with E-state index in [4.69, 9.17) is 4.74 Å². The lowest BCUT2D eigenvalue weighted by Crippen LogP contribution is -2.06. The first-order valence-corrected chi connectivity index (χ1v) is 8.13. The van der Waals surface area contributed by atoms with Gasteiger partial charge in [0.25, 0.3) is 0 Å². The molecule has 110 valence electrons. The zero-order valence-electron chi connectivity index (χ0n) is 12.5. The predicted molar refractivity (Wildman–Crippen MR) is 88.5 cm³/mol. The molecule has 0 N–H and O–H groups in total. The van der Waals surface area contributed by atoms with E-state index in [9.17, 15) is 4.79 Å². The van der Waals surface area contributed by atoms with Gasteiger partial charge in [-0.3, -0.25) is 4.79 Å². The highest BCUT2D eigenvalue weighted by Gasteiger charge is 2.12. The molecule has 0 bridgehead atoms. The van der Waals surface area contributed by atoms with E-state index in [1.54, 1.807) is 11.8 Å². The van der Waals surface area contributed by atoms with Crippen molar-refractivity contribution in [3.63, 3.8) is 0 Å². The van der Waals surface area contributed by atoms with Gasteiger partial charge >= 0.3 is 0 Å². The number of thioether (sulfide) groups is 1. The third kappa shape index (κ3) is 4.64. The Hall–Kier alpha value is -1.74. The highest BCUT2D eigenvalue weighted by atomic mass is 32.2. The number of Topliss-reactive ketones (excluding diaryl/α,β-unsaturated/α-hetero) is 1. The van der Waals surface area contributed by atoms with Gasteiger partial charge < -0.3 is 4.74 Å². The molecular weight excluding hydrogens is 280 g/mol. The van der Waals surface area contributed by atoms with Gasteiger partial charge in [0.1, 0.15) is 5.75 Å². The first-order valence-electron chi connectivity index (χ1n) is 7.15. The summed E-state index contributed by atoms with van der Waals surface area (Å²) in [5, 5.41) is 0. The van der Waals surface area contributed by atoms with Gasteiger partial charge in [0.15, 0.2) is 5.78 Å². The normalized spacial score (nSPS) is 10.4. The summed E-state index contributed by atoms with van der Waals surface area (Å²) in [7, 11) is 0. The molecule has 0 atom stereocenters. The Kier molecular flexibility index (Phi) is 5.88. The largest absolute Gasteiger partial charge is 0.493 e. The molecule has 3 heteroatoms. The van der Waals surface area contributed by atoms with Crippen LogP contribution in [0.3, 0.4) is 0 Å². The fraction of sp³-hybridized carbons (Fsp3) is 0.278. The Morgan fingerprint density at radius 3 is 2.52 bits per heavy atom. The maximum atomic E-state index is 12.4. The van der Waals surface area contributed by atoms with Gasteiger partial charge in [0.05, 0.1) is 17.9 Å². The minimum atomic E-state index is 0.104. The third-order valence-corrected chi connectivity index (χ3v) is 4.05. The van der Waals surface area contributed by atoms with E-state index in [2.05, 4.69) is 26.0 Å². The molecule has 21 heavy (non-hydrogen) atoms. The van der Waals surface area contributed by atoms with Crippen LogP contribution in [0.1, 0.15) is 29.3 Å². The number of carbonyl (C=O) groups is 1. The molecule has 2 aromatic rings. The van der Waals surface area contributed by atoms with Crippen LogP contribution in [0.2, 0.25) is 0 Å². The minimum absolute atomic E-state index is 0.104. The lowest BCUT2D eigenvalue weighted by Gasteiger charge is -2.09. The summed E-state index contributed by atoms with van der Waals surface area (Å²) in [6.45, 7) is 4.74. The van der Waals surface area contributed by atoms with Crippen molar-refractivity contribution < 1.29 is 9.53 Å². The van der Waals surface area contributed by atoms with Gasteiger partial charge in [-0.05, 0) is 37.6 Å². The number of aryl methyl sites for hydroxylation is 1. The maximum absolute atomic E-state index is 12.4. The Balaban J connectivity index is 2.01. The zero-order chi connectivity index (χ0) is 15.1. The topological polar surface area (TPSA) is 26.3 Å². The van der Waals surface area contributed by atoms with E-state index >= 15 is 0 Å². The van der Waals surface area contributed by atoms with E-state index in [0.717, 1.165) is 11.3 Å². The summed E-state index contributed by atoms with van der Waals surface area (Å²) in [4.78, 5) is 13.5. The van der Waals surface area contributed by atoms with Crippen molar-refractivity contribution in [2.75, 3.05) is 12.4 Å². The van der Waals surface area contributed by atoms with Crippen molar-refractivity contribution in [3.05, 3.63) is 59.7 Å². The molecule has 0 amide bonds. The smallest absolute Gasteiger partial charge is 0.176 e. The van der Waals surface area contributed by atoms with Crippen LogP contribution in [0.15, 0.2) is 53.4 Å². The van der Waals surface area contributed by atoms with E-state index in [0.29, 0.717) is 23.7 Å². The summed E-state index contributed by atoms with van der Waals surface area (Å²) in [5.41, 5.74) is 1.90. The van der Waals surface area contributed by atoms with Gasteiger partial charge in [0.2, 0.25) is 0 Å². The van der Waals surface area contributed by atoms with Crippen molar-refractivity contribution in [2.24, 2.45) is 0 Å². The standard InChI is InChI=1S/C18H20O2S/c1-3-12-20-18-7-5-4-6-16(18)17(19)13-21-15-10-8-14(2)9-11-15/h4-11H,3,12-13H2,1-2H3. The van der Waals surface area contributed by atoms with Gasteiger partial charge in [0, 0.05) is 4.90 Å². The minimum Gasteiger partial charge on any atom is -0.493 e. The molecule has 2 aromatic carbocycles. The number of para-hydroxylation sites is 1. The van der Waals surface area contributed by atoms with E-state index in [1.165, 1.54) is 5.56 Å². The fourth-order valence-corrected chi connectivity index (χ4v) is 2.68. The zero-order valence-corrected chi connectivity index (χ0v) is 13.3. The second-order valence-corrected chi connectivity index (χ2v) is 5.92. The third-order valence-electron chi connectivity index (χ3n) is 3.04. The summed E-state index contributed by atoms with van der Waals surface area (Å²) >= 11 is 1.56. The Bertz CT molecular complexity index is 590. The molecule has 0 aliphatic heterocycles. The number of rotatable bonds is 7. The van der Waals surface area contributed by atoms with Crippen molar-refractivity contribution in [1.29, 1.82) is 0 Å². The molecule has 0 fully saturated rings. The maximum Gasteiger partial charge on any atom is 0.176 e. The average molecular weight is 300 g/mol. The highest BCUT2D eigenvalue weighted by molar-refractivity contribution is 8.00. The second kappa shape index (κ2) is 7.89. The molecular formula is C18H20O2S. The average Bonchev–Trinajstić information content (AvgIpc) is 2.52. The van der Waals surface area contributed by atoms with Gasteiger partial charge in [-0.1, -0.05) is 36.8 Å². The number of hydrogen-bond donors (Lipinski definition) is 0. The van der Waals surface area contributed by atoms with Gasteiger partial charge in [-0.15, -0.1) is 11.8 Å². The second-order valence-electron chi connectivity index (χ2n) is 4.87. The van der Waals surface area contributed by atoms with Crippen molar-refractivity contribution in [3.8, 4) is 5.75 Å². The Labute approximate surface area is 130 Å². The molecule has 0 aliphatic carbocycles. The summed E-state index contributed by atoms with van der Waals surface area (Å²) in [6.07, 6.45) is 0.931. The summed E-state index contributed by atoms with van der Waals surface area (Å²) < 4.78 is 5.65. The Morgan fingerprint density at radius 1 is 1.10 bits per heavy atom. The SMILES string of the molecule is CCCOc1ccccc1C(=O)CSc1ccc(C)cc1. The van der Waals surface area contributed by atoms with Crippen LogP contribution in [0.4, 0.5) is 0 Å². The Morgan fingerprint density at radius 2 is 1.81 bits per heavy atom. The molecule has 0 aliphatic rings. The number of carbonyl (C=O) groups excluding carboxylic acids is 1. The van der Waals surface area contributed by atoms with Crippen molar-refractivity contribution in [2.45, 2.75) is 25.2 Å². The molecule has 0 saturated carbocycles. The van der Waals surface area contributed by atoms with Crippen LogP contribution in [0.25, 0.3) is 0 Å². The van der Waals surface area contributed by atoms with Crippen LogP contribution in [-0.2, 0) is 0 Å². The number of ether oxygens (including phenoxy) is 1. The van der Waals surface area contributed by atoms with E-state index in [-0.39, 0.29) is 5.78 Å². The van der Waals surface area contributed by atoms with Crippen LogP contribution in [-0.4, -0.2) is 18.1 Å². The van der Waals surface area contributed by atoms with Crippen LogP contribution in [0.5, 0.6) is 5.75 Å². The molecule has 0 heterocycles. The van der Waals surface area contributed by atoms with Crippen LogP contribution in [0, 0.1) is 6.92 Å². The molecule has 0 saturated heterocycles. The number of benzene rings is 2. The lowest BCUT2D eigenvalue weighted by molar-refractivity contribution is 0.101. The molecule has 0 spiro atoms. The molecule has 0 radical (unpaired) electrons. The van der Waals surface area contributed by atoms with Gasteiger partial charge in [-0.2, -0.15) is 0 Å². The summed E-state index contributed by atoms with van der Waals surface area (Å²) in [6, 6.07) is 15.7. The molecule has 0 aromatic heterocycles. The highest BCUT2D eigenvalue weighted by Crippen LogP contribution is 2.24. The lowest BCUT2D eigenvalue weighted by atomic mass is 10.1. The summed E-state index contributed by atoms with van der Waals surface area (Å²) in [5.74, 6) is 1.22. The molecule has 2 rings (SSSR count). The molecule has 2 nitrogen and oxygen atoms in total. The van der Waals surface area contributed by atoms with Gasteiger partial charge in [-0.25, -0.2) is 0 Å². The van der Waals surface area contributed by atoms with Crippen molar-refractivity contribution in [1.82, 2.24) is 0 Å². The van der Waals surface area contributed by atoms with E-state index in [1.807, 2.05) is 36.4 Å². The monoisotopic (exact) mass is 300 g/mol. The fourth-order valence-electron chi connectivity index (χ4n) is 1.90. The molecule has 0 unspecified atom stereocenters. The van der Waals surface area contributed by atoms with Crippen LogP contribution >= 0.6 is 11.8 Å². The predicted octanol–water partition coefficient (Wildman–Crippen LogP) is 4.76. The van der Waals surface area contributed by atoms with Crippen molar-refractivity contribution >= 4 is 17.5 Å². The number of hydrogen-bond acceptors (Lipinski definition) is 3. The quantitative estimate of drug-likeness (QED) is 0.545. The number of ketones is 1. The first kappa shape index (κ1) is 15.6. The van der Waals surface area contributed by atoms with E-state index < -0.39 is 0 Å². The van der Waals surface area contributed by atoms with Crippen LogP contribution < -0.4 is 4.74 Å².